The molecule has 1 N–H and O–H groups in total. The second-order valence-corrected chi connectivity index (χ2v) is 5.37. The maximum Gasteiger partial charge on any atom is 0.303 e. The highest BCUT2D eigenvalue weighted by Gasteiger charge is 2.25. The largest absolute Gasteiger partial charge is 0.481 e. The van der Waals surface area contributed by atoms with Crippen LogP contribution >= 0.6 is 11.6 Å². The summed E-state index contributed by atoms with van der Waals surface area (Å²) in [5.41, 5.74) is 0.355. The third-order valence-electron chi connectivity index (χ3n) is 3.53. The van der Waals surface area contributed by atoms with Gasteiger partial charge in [-0.1, -0.05) is 11.6 Å². The highest BCUT2D eigenvalue weighted by Crippen LogP contribution is 2.23. The number of carbonyl (C=O) groups excluding carboxylic acids is 1. The van der Waals surface area contributed by atoms with Gasteiger partial charge in [0.05, 0.1) is 5.02 Å². The monoisotopic (exact) mass is 299 g/mol. The first-order chi connectivity index (χ1) is 9.47. The molecule has 1 amide bonds. The molecule has 0 bridgehead atoms. The second kappa shape index (κ2) is 6.22. The summed E-state index contributed by atoms with van der Waals surface area (Å²) in [5.74, 6) is -1.43. The van der Waals surface area contributed by atoms with E-state index in [9.17, 15) is 14.0 Å². The molecule has 0 unspecified atom stereocenters. The summed E-state index contributed by atoms with van der Waals surface area (Å²) in [6.45, 7) is 1.04. The quantitative estimate of drug-likeness (QED) is 0.933. The Morgan fingerprint density at radius 1 is 1.35 bits per heavy atom. The number of aliphatic carboxylic acids is 1. The number of hydrogen-bond acceptors (Lipinski definition) is 2. The standard InChI is InChI=1S/C14H15ClFNO3/c15-11-8-10(1-2-12(11)16)14(20)17-5-3-9(4-6-17)7-13(18)19/h1-2,8-9H,3-7H2,(H,18,19). The van der Waals surface area contributed by atoms with E-state index in [4.69, 9.17) is 16.7 Å². The molecule has 6 heteroatoms. The zero-order chi connectivity index (χ0) is 14.7. The Morgan fingerprint density at radius 3 is 2.55 bits per heavy atom. The predicted octanol–water partition coefficient (Wildman–Crippen LogP) is 2.81. The lowest BCUT2D eigenvalue weighted by atomic mass is 9.93. The van der Waals surface area contributed by atoms with Crippen LogP contribution in [-0.2, 0) is 4.79 Å². The molecule has 0 aromatic heterocycles. The number of amides is 1. The van der Waals surface area contributed by atoms with E-state index in [2.05, 4.69) is 0 Å². The topological polar surface area (TPSA) is 57.6 Å². The van der Waals surface area contributed by atoms with Crippen molar-refractivity contribution in [2.75, 3.05) is 13.1 Å². The van der Waals surface area contributed by atoms with Gasteiger partial charge in [-0.15, -0.1) is 0 Å². The van der Waals surface area contributed by atoms with Crippen LogP contribution in [0.15, 0.2) is 18.2 Å². The van der Waals surface area contributed by atoms with Crippen LogP contribution in [0.3, 0.4) is 0 Å². The molecule has 1 aliphatic rings. The van der Waals surface area contributed by atoms with Crippen LogP contribution in [0.25, 0.3) is 0 Å². The number of carbonyl (C=O) groups is 2. The second-order valence-electron chi connectivity index (χ2n) is 4.96. The fourth-order valence-corrected chi connectivity index (χ4v) is 2.58. The zero-order valence-electron chi connectivity index (χ0n) is 10.8. The molecule has 108 valence electrons. The van der Waals surface area contributed by atoms with E-state index in [-0.39, 0.29) is 23.3 Å². The van der Waals surface area contributed by atoms with Crippen molar-refractivity contribution in [1.82, 2.24) is 4.90 Å². The molecule has 1 saturated heterocycles. The summed E-state index contributed by atoms with van der Waals surface area (Å²) in [6, 6.07) is 3.90. The molecule has 1 heterocycles. The molecule has 1 aromatic rings. The summed E-state index contributed by atoms with van der Waals surface area (Å²) < 4.78 is 13.1. The lowest BCUT2D eigenvalue weighted by Gasteiger charge is -2.31. The number of carboxylic acids is 1. The normalized spacial score (nSPS) is 16.2. The molecule has 20 heavy (non-hydrogen) atoms. The van der Waals surface area contributed by atoms with Crippen molar-refractivity contribution in [2.24, 2.45) is 5.92 Å². The SMILES string of the molecule is O=C(O)CC1CCN(C(=O)c2ccc(F)c(Cl)c2)CC1. The zero-order valence-corrected chi connectivity index (χ0v) is 11.6. The van der Waals surface area contributed by atoms with Crippen LogP contribution in [0.5, 0.6) is 0 Å². The average molecular weight is 300 g/mol. The van der Waals surface area contributed by atoms with Crippen molar-refractivity contribution in [3.05, 3.63) is 34.6 Å². The maximum atomic E-state index is 13.1. The summed E-state index contributed by atoms with van der Waals surface area (Å²) in [5, 5.41) is 8.67. The lowest BCUT2D eigenvalue weighted by Crippen LogP contribution is -2.38. The van der Waals surface area contributed by atoms with E-state index in [0.717, 1.165) is 0 Å². The summed E-state index contributed by atoms with van der Waals surface area (Å²) in [6.07, 6.45) is 1.49. The van der Waals surface area contributed by atoms with Crippen molar-refractivity contribution < 1.29 is 19.1 Å². The van der Waals surface area contributed by atoms with Gasteiger partial charge in [-0.2, -0.15) is 0 Å². The van der Waals surface area contributed by atoms with Crippen LogP contribution in [0.2, 0.25) is 5.02 Å². The maximum absolute atomic E-state index is 13.1. The fourth-order valence-electron chi connectivity index (χ4n) is 2.40. The van der Waals surface area contributed by atoms with Crippen LogP contribution < -0.4 is 0 Å². The van der Waals surface area contributed by atoms with Gasteiger partial charge in [-0.25, -0.2) is 4.39 Å². The van der Waals surface area contributed by atoms with Gasteiger partial charge in [0.25, 0.3) is 5.91 Å². The first-order valence-corrected chi connectivity index (χ1v) is 6.81. The molecule has 2 rings (SSSR count). The molecule has 4 nitrogen and oxygen atoms in total. The molecule has 0 atom stereocenters. The van der Waals surface area contributed by atoms with Gasteiger partial charge in [0.1, 0.15) is 5.82 Å². The van der Waals surface area contributed by atoms with Crippen LogP contribution in [0.1, 0.15) is 29.6 Å². The van der Waals surface area contributed by atoms with Crippen LogP contribution in [-0.4, -0.2) is 35.0 Å². The number of benzene rings is 1. The van der Waals surface area contributed by atoms with Crippen molar-refractivity contribution >= 4 is 23.5 Å². The van der Waals surface area contributed by atoms with E-state index in [0.29, 0.717) is 31.5 Å². The molecule has 1 aliphatic heterocycles. The molecule has 0 spiro atoms. The highest BCUT2D eigenvalue weighted by atomic mass is 35.5. The number of piperidine rings is 1. The van der Waals surface area contributed by atoms with Crippen molar-refractivity contribution in [3.63, 3.8) is 0 Å². The Labute approximate surface area is 121 Å². The summed E-state index contributed by atoms with van der Waals surface area (Å²) in [4.78, 5) is 24.5. The van der Waals surface area contributed by atoms with Gasteiger partial charge in [0, 0.05) is 25.1 Å². The minimum absolute atomic E-state index is 0.0726. The highest BCUT2D eigenvalue weighted by molar-refractivity contribution is 6.31. The van der Waals surface area contributed by atoms with Gasteiger partial charge >= 0.3 is 5.97 Å². The predicted molar refractivity (Wildman–Crippen MR) is 72.3 cm³/mol. The van der Waals surface area contributed by atoms with E-state index in [1.165, 1.54) is 18.2 Å². The summed E-state index contributed by atoms with van der Waals surface area (Å²) >= 11 is 5.67. The average Bonchev–Trinajstić information content (AvgIpc) is 2.41. The number of hydrogen-bond donors (Lipinski definition) is 1. The Balaban J connectivity index is 1.97. The summed E-state index contributed by atoms with van der Waals surface area (Å²) in [7, 11) is 0. The number of nitrogens with zero attached hydrogens (tertiary/aromatic N) is 1. The smallest absolute Gasteiger partial charge is 0.303 e. The van der Waals surface area contributed by atoms with Crippen molar-refractivity contribution in [3.8, 4) is 0 Å². The first-order valence-electron chi connectivity index (χ1n) is 6.43. The van der Waals surface area contributed by atoms with Crippen molar-refractivity contribution in [1.29, 1.82) is 0 Å². The number of rotatable bonds is 3. The van der Waals surface area contributed by atoms with E-state index >= 15 is 0 Å². The Morgan fingerprint density at radius 2 is 2.00 bits per heavy atom. The molecular formula is C14H15ClFNO3. The minimum atomic E-state index is -0.805. The molecule has 0 aliphatic carbocycles. The van der Waals surface area contributed by atoms with Gasteiger partial charge in [-0.05, 0) is 37.0 Å². The van der Waals surface area contributed by atoms with Crippen LogP contribution in [0.4, 0.5) is 4.39 Å². The molecule has 1 aromatic carbocycles. The van der Waals surface area contributed by atoms with Crippen LogP contribution in [0, 0.1) is 11.7 Å². The number of carboxylic acid groups (broad SMARTS) is 1. The van der Waals surface area contributed by atoms with Gasteiger partial charge in [0.2, 0.25) is 0 Å². The Kier molecular flexibility index (Phi) is 4.60. The van der Waals surface area contributed by atoms with Crippen molar-refractivity contribution in [2.45, 2.75) is 19.3 Å². The third kappa shape index (κ3) is 3.48. The number of halogens is 2. The minimum Gasteiger partial charge on any atom is -0.481 e. The molecule has 1 fully saturated rings. The van der Waals surface area contributed by atoms with Gasteiger partial charge in [-0.3, -0.25) is 9.59 Å². The van der Waals surface area contributed by atoms with E-state index in [1.54, 1.807) is 4.90 Å². The molecule has 0 saturated carbocycles. The molecule has 0 radical (unpaired) electrons. The number of likely N-dealkylation sites (tertiary alicyclic amines) is 1. The first kappa shape index (κ1) is 14.8. The van der Waals surface area contributed by atoms with E-state index in [1.807, 2.05) is 0 Å². The third-order valence-corrected chi connectivity index (χ3v) is 3.82. The fraction of sp³-hybridized carbons (Fsp3) is 0.429. The Bertz CT molecular complexity index is 527. The lowest BCUT2D eigenvalue weighted by molar-refractivity contribution is -0.138. The molecular weight excluding hydrogens is 285 g/mol. The Hall–Kier alpha value is -1.62. The van der Waals surface area contributed by atoms with E-state index < -0.39 is 11.8 Å². The van der Waals surface area contributed by atoms with Gasteiger partial charge in [0.15, 0.2) is 0 Å². The van der Waals surface area contributed by atoms with Gasteiger partial charge < -0.3 is 10.0 Å².